The van der Waals surface area contributed by atoms with Gasteiger partial charge in [0.15, 0.2) is 0 Å². The Hall–Kier alpha value is -0.980. The summed E-state index contributed by atoms with van der Waals surface area (Å²) < 4.78 is 6.90. The highest BCUT2D eigenvalue weighted by molar-refractivity contribution is 4.93. The second-order valence-electron chi connectivity index (χ2n) is 5.75. The Balaban J connectivity index is 1.72. The van der Waals surface area contributed by atoms with Gasteiger partial charge in [0.25, 0.3) is 0 Å². The van der Waals surface area contributed by atoms with Gasteiger partial charge >= 0.3 is 0 Å². The molecule has 1 aliphatic heterocycles. The molecule has 1 N–H and O–H groups in total. The summed E-state index contributed by atoms with van der Waals surface area (Å²) in [7, 11) is 0. The van der Waals surface area contributed by atoms with Gasteiger partial charge in [0.05, 0.1) is 24.9 Å². The van der Waals surface area contributed by atoms with E-state index in [4.69, 9.17) is 4.74 Å². The van der Waals surface area contributed by atoms with Crippen LogP contribution in [0.25, 0.3) is 0 Å². The quantitative estimate of drug-likeness (QED) is 0.778. The van der Waals surface area contributed by atoms with E-state index in [2.05, 4.69) is 15.2 Å². The van der Waals surface area contributed by atoms with Gasteiger partial charge in [-0.1, -0.05) is 18.1 Å². The van der Waals surface area contributed by atoms with Crippen molar-refractivity contribution >= 4 is 0 Å². The smallest absolute Gasteiger partial charge is 0.0969 e. The van der Waals surface area contributed by atoms with E-state index in [1.807, 2.05) is 13.1 Å². The number of aliphatic hydroxyl groups is 1. The molecule has 1 aliphatic rings. The van der Waals surface area contributed by atoms with Gasteiger partial charge < -0.3 is 14.7 Å². The van der Waals surface area contributed by atoms with Crippen LogP contribution in [0.3, 0.4) is 0 Å². The highest BCUT2D eigenvalue weighted by Gasteiger charge is 2.11. The Morgan fingerprint density at radius 3 is 2.76 bits per heavy atom. The van der Waals surface area contributed by atoms with Crippen molar-refractivity contribution in [2.24, 2.45) is 0 Å². The van der Waals surface area contributed by atoms with Crippen LogP contribution >= 0.6 is 0 Å². The molecule has 1 atom stereocenters. The second-order valence-corrected chi connectivity index (χ2v) is 5.75. The van der Waals surface area contributed by atoms with E-state index < -0.39 is 6.10 Å². The summed E-state index contributed by atoms with van der Waals surface area (Å²) in [5.74, 6) is 0. The van der Waals surface area contributed by atoms with Crippen molar-refractivity contribution < 1.29 is 9.84 Å². The molecule has 6 nitrogen and oxygen atoms in total. The molecule has 1 aromatic heterocycles. The highest BCUT2D eigenvalue weighted by Crippen LogP contribution is 2.10. The van der Waals surface area contributed by atoms with Gasteiger partial charge in [0.2, 0.25) is 0 Å². The lowest BCUT2D eigenvalue weighted by Gasteiger charge is -2.18. The molecule has 0 bridgehead atoms. The molecule has 2 heterocycles. The Morgan fingerprint density at radius 1 is 1.29 bits per heavy atom. The Bertz CT molecular complexity index is 389. The molecule has 0 radical (unpaired) electrons. The molecule has 1 aromatic rings. The maximum absolute atomic E-state index is 9.79. The number of aromatic nitrogens is 3. The predicted octanol–water partition coefficient (Wildman–Crippen LogP) is 1.09. The Labute approximate surface area is 127 Å². The van der Waals surface area contributed by atoms with Crippen molar-refractivity contribution in [1.82, 2.24) is 19.9 Å². The number of ether oxygens (including phenoxy) is 1. The molecule has 2 rings (SSSR count). The van der Waals surface area contributed by atoms with Crippen molar-refractivity contribution in [1.29, 1.82) is 0 Å². The van der Waals surface area contributed by atoms with E-state index in [1.54, 1.807) is 4.68 Å². The van der Waals surface area contributed by atoms with Gasteiger partial charge in [0.1, 0.15) is 0 Å². The number of aliphatic hydroxyl groups excluding tert-OH is 1. The van der Waals surface area contributed by atoms with E-state index in [0.717, 1.165) is 18.7 Å². The van der Waals surface area contributed by atoms with Crippen LogP contribution in [0.15, 0.2) is 6.20 Å². The number of hydrogen-bond donors (Lipinski definition) is 1. The number of likely N-dealkylation sites (tertiary alicyclic amines) is 1. The van der Waals surface area contributed by atoms with Gasteiger partial charge in [0, 0.05) is 25.8 Å². The topological polar surface area (TPSA) is 63.4 Å². The van der Waals surface area contributed by atoms with Crippen LogP contribution in [0.5, 0.6) is 0 Å². The molecule has 1 saturated heterocycles. The fourth-order valence-corrected chi connectivity index (χ4v) is 2.70. The fourth-order valence-electron chi connectivity index (χ4n) is 2.70. The first-order chi connectivity index (χ1) is 10.3. The summed E-state index contributed by atoms with van der Waals surface area (Å²) in [5.41, 5.74) is 1.00. The van der Waals surface area contributed by atoms with Gasteiger partial charge in [-0.15, -0.1) is 5.10 Å². The normalized spacial score (nSPS) is 18.6. The zero-order valence-electron chi connectivity index (χ0n) is 13.1. The molecular weight excluding hydrogens is 268 g/mol. The lowest BCUT2D eigenvalue weighted by Crippen LogP contribution is -2.27. The van der Waals surface area contributed by atoms with Crippen LogP contribution in [-0.4, -0.2) is 64.0 Å². The molecule has 1 fully saturated rings. The van der Waals surface area contributed by atoms with Crippen molar-refractivity contribution in [3.8, 4) is 0 Å². The first-order valence-corrected chi connectivity index (χ1v) is 8.15. The van der Waals surface area contributed by atoms with Crippen LogP contribution in [0, 0.1) is 0 Å². The lowest BCUT2D eigenvalue weighted by atomic mass is 10.2. The minimum Gasteiger partial charge on any atom is -0.389 e. The zero-order chi connectivity index (χ0) is 14.9. The van der Waals surface area contributed by atoms with Crippen molar-refractivity contribution in [3.63, 3.8) is 0 Å². The molecule has 21 heavy (non-hydrogen) atoms. The highest BCUT2D eigenvalue weighted by atomic mass is 16.5. The number of rotatable bonds is 8. The van der Waals surface area contributed by atoms with E-state index in [0.29, 0.717) is 19.8 Å². The largest absolute Gasteiger partial charge is 0.389 e. The van der Waals surface area contributed by atoms with Gasteiger partial charge in [-0.2, -0.15) is 0 Å². The summed E-state index contributed by atoms with van der Waals surface area (Å²) in [6.45, 7) is 6.80. The van der Waals surface area contributed by atoms with E-state index in [-0.39, 0.29) is 0 Å². The molecular formula is C15H28N4O2. The van der Waals surface area contributed by atoms with Crippen LogP contribution in [0.1, 0.15) is 38.3 Å². The second kappa shape index (κ2) is 9.12. The SMILES string of the molecule is CCOCC(O)Cn1cc(CCN2CCCCCC2)nn1. The molecule has 6 heteroatoms. The summed E-state index contributed by atoms with van der Waals surface area (Å²) >= 11 is 0. The van der Waals surface area contributed by atoms with E-state index in [9.17, 15) is 5.11 Å². The standard InChI is InChI=1S/C15H28N4O2/c1-2-21-13-15(20)12-19-11-14(16-17-19)7-10-18-8-5-3-4-6-9-18/h11,15,20H,2-10,12-13H2,1H3. The number of hydrogen-bond acceptors (Lipinski definition) is 5. The summed E-state index contributed by atoms with van der Waals surface area (Å²) in [4.78, 5) is 2.52. The minimum atomic E-state index is -0.523. The fraction of sp³-hybridized carbons (Fsp3) is 0.867. The average molecular weight is 296 g/mol. The molecule has 120 valence electrons. The van der Waals surface area contributed by atoms with Gasteiger partial charge in [-0.05, 0) is 32.9 Å². The van der Waals surface area contributed by atoms with Crippen LogP contribution in [-0.2, 0) is 17.7 Å². The third-order valence-electron chi connectivity index (χ3n) is 3.88. The van der Waals surface area contributed by atoms with Crippen molar-refractivity contribution in [2.75, 3.05) is 32.8 Å². The van der Waals surface area contributed by atoms with E-state index in [1.165, 1.54) is 38.8 Å². The molecule has 0 amide bonds. The third kappa shape index (κ3) is 6.11. The lowest BCUT2D eigenvalue weighted by molar-refractivity contribution is 0.0313. The van der Waals surface area contributed by atoms with Crippen molar-refractivity contribution in [3.05, 3.63) is 11.9 Å². The maximum Gasteiger partial charge on any atom is 0.0969 e. The molecule has 0 aliphatic carbocycles. The zero-order valence-corrected chi connectivity index (χ0v) is 13.1. The van der Waals surface area contributed by atoms with Gasteiger partial charge in [-0.25, -0.2) is 4.68 Å². The van der Waals surface area contributed by atoms with E-state index >= 15 is 0 Å². The molecule has 0 aromatic carbocycles. The Morgan fingerprint density at radius 2 is 2.05 bits per heavy atom. The monoisotopic (exact) mass is 296 g/mol. The van der Waals surface area contributed by atoms with Gasteiger partial charge in [-0.3, -0.25) is 0 Å². The number of nitrogens with zero attached hydrogens (tertiary/aromatic N) is 4. The van der Waals surface area contributed by atoms with Crippen molar-refractivity contribution in [2.45, 2.75) is 51.7 Å². The summed E-state index contributed by atoms with van der Waals surface area (Å²) in [5, 5.41) is 18.1. The van der Waals surface area contributed by atoms with Crippen LogP contribution in [0.2, 0.25) is 0 Å². The predicted molar refractivity (Wildman–Crippen MR) is 81.1 cm³/mol. The first-order valence-electron chi connectivity index (χ1n) is 8.15. The summed E-state index contributed by atoms with van der Waals surface area (Å²) in [6, 6.07) is 0. The Kier molecular flexibility index (Phi) is 7.12. The minimum absolute atomic E-state index is 0.347. The average Bonchev–Trinajstić information content (AvgIpc) is 2.76. The molecule has 1 unspecified atom stereocenters. The van der Waals surface area contributed by atoms with Crippen LogP contribution in [0.4, 0.5) is 0 Å². The maximum atomic E-state index is 9.79. The summed E-state index contributed by atoms with van der Waals surface area (Å²) in [6.07, 6.45) is 7.71. The first kappa shape index (κ1) is 16.4. The van der Waals surface area contributed by atoms with Crippen LogP contribution < -0.4 is 0 Å². The molecule has 0 saturated carbocycles. The third-order valence-corrected chi connectivity index (χ3v) is 3.88. The molecule has 0 spiro atoms.